The van der Waals surface area contributed by atoms with Crippen LogP contribution in [0.5, 0.6) is 0 Å². The van der Waals surface area contributed by atoms with E-state index in [1.54, 1.807) is 0 Å². The molecule has 2 N–H and O–H groups in total. The molecule has 0 saturated carbocycles. The van der Waals surface area contributed by atoms with Gasteiger partial charge in [-0.25, -0.2) is 0 Å². The lowest BCUT2D eigenvalue weighted by Crippen LogP contribution is -2.53. The maximum absolute atomic E-state index is 13.1. The number of aromatic nitrogens is 1. The zero-order valence-corrected chi connectivity index (χ0v) is 18.4. The van der Waals surface area contributed by atoms with E-state index in [0.29, 0.717) is 30.3 Å². The average molecular weight is 485 g/mol. The largest absolute Gasteiger partial charge is 0.430 e. The number of nitrogens with one attached hydrogen (secondary N) is 1. The molecule has 0 unspecified atom stereocenters. The molecule has 4 nitrogen and oxygen atoms in total. The molecule has 1 saturated heterocycles. The molecule has 4 rings (SSSR count). The van der Waals surface area contributed by atoms with E-state index >= 15 is 0 Å². The summed E-state index contributed by atoms with van der Waals surface area (Å²) in [6.45, 7) is 1.89. The van der Waals surface area contributed by atoms with E-state index in [-0.39, 0.29) is 0 Å². The first kappa shape index (κ1) is 24.4. The molecular formula is C24H25F6N3O. The highest BCUT2D eigenvalue weighted by Crippen LogP contribution is 2.50. The van der Waals surface area contributed by atoms with Gasteiger partial charge >= 0.3 is 12.4 Å². The molecule has 0 amide bonds. The summed E-state index contributed by atoms with van der Waals surface area (Å²) in [5.41, 5.74) is -3.39. The summed E-state index contributed by atoms with van der Waals surface area (Å²) in [6.07, 6.45) is -7.96. The first-order valence-corrected chi connectivity index (χ1v) is 10.9. The van der Waals surface area contributed by atoms with Gasteiger partial charge in [0.1, 0.15) is 0 Å². The number of likely N-dealkylation sites (tertiary alicyclic amines) is 1. The molecule has 1 aromatic heterocycles. The van der Waals surface area contributed by atoms with E-state index in [2.05, 4.69) is 39.2 Å². The summed E-state index contributed by atoms with van der Waals surface area (Å²) >= 11 is 0. The Hall–Kier alpha value is -2.72. The minimum Gasteiger partial charge on any atom is -0.388 e. The summed E-state index contributed by atoms with van der Waals surface area (Å²) in [6, 6.07) is 12.4. The van der Waals surface area contributed by atoms with Crippen LogP contribution in [0.25, 0.3) is 10.9 Å². The Bertz CT molecular complexity index is 1110. The van der Waals surface area contributed by atoms with Crippen LogP contribution in [0.2, 0.25) is 0 Å². The molecule has 0 atom stereocenters. The SMILES string of the molecule is CNc1ccc2ccn(C3CCN(Cc4ccc(C(O)(C(F)(F)F)C(F)(F)F)cc4)CC3)c2c1. The summed E-state index contributed by atoms with van der Waals surface area (Å²) in [5, 5.41) is 13.8. The van der Waals surface area contributed by atoms with Gasteiger partial charge in [-0.3, -0.25) is 4.90 Å². The molecule has 2 heterocycles. The number of hydrogen-bond acceptors (Lipinski definition) is 3. The average Bonchev–Trinajstić information content (AvgIpc) is 3.21. The molecule has 0 radical (unpaired) electrons. The van der Waals surface area contributed by atoms with Crippen LogP contribution in [-0.2, 0) is 12.1 Å². The van der Waals surface area contributed by atoms with Gasteiger partial charge < -0.3 is 15.0 Å². The van der Waals surface area contributed by atoms with Crippen LogP contribution in [0.1, 0.15) is 30.0 Å². The van der Waals surface area contributed by atoms with Crippen LogP contribution in [0.3, 0.4) is 0 Å². The maximum Gasteiger partial charge on any atom is 0.430 e. The van der Waals surface area contributed by atoms with Crippen LogP contribution in [0.15, 0.2) is 54.7 Å². The smallest absolute Gasteiger partial charge is 0.388 e. The number of fused-ring (bicyclic) bond motifs is 1. The third-order valence-corrected chi connectivity index (χ3v) is 6.56. The molecule has 2 aromatic carbocycles. The van der Waals surface area contributed by atoms with Crippen LogP contribution in [0.4, 0.5) is 32.0 Å². The van der Waals surface area contributed by atoms with Gasteiger partial charge in [0.2, 0.25) is 0 Å². The van der Waals surface area contributed by atoms with Crippen molar-refractivity contribution in [2.75, 3.05) is 25.5 Å². The zero-order chi connectivity index (χ0) is 24.7. The maximum atomic E-state index is 13.1. The minimum absolute atomic E-state index is 0.303. The number of benzene rings is 2. The van der Waals surface area contributed by atoms with E-state index in [4.69, 9.17) is 0 Å². The molecule has 0 bridgehead atoms. The molecule has 10 heteroatoms. The van der Waals surface area contributed by atoms with Gasteiger partial charge in [0.25, 0.3) is 5.60 Å². The fourth-order valence-electron chi connectivity index (χ4n) is 4.58. The standard InChI is InChI=1S/C24H25F6N3O/c1-31-19-7-4-17-8-13-33(21(17)14-19)20-9-11-32(12-10-20)15-16-2-5-18(6-3-16)22(34,23(25,26)27)24(28,29)30/h2-8,13-14,20,31,34H,9-12,15H2,1H3. The fraction of sp³-hybridized carbons (Fsp3) is 0.417. The van der Waals surface area contributed by atoms with E-state index in [9.17, 15) is 31.4 Å². The first-order valence-electron chi connectivity index (χ1n) is 10.9. The Labute approximate surface area is 192 Å². The van der Waals surface area contributed by atoms with Crippen molar-refractivity contribution >= 4 is 16.6 Å². The number of nitrogens with zero attached hydrogens (tertiary/aromatic N) is 2. The highest BCUT2D eigenvalue weighted by atomic mass is 19.4. The lowest BCUT2D eigenvalue weighted by molar-refractivity contribution is -0.376. The predicted molar refractivity (Wildman–Crippen MR) is 117 cm³/mol. The summed E-state index contributed by atoms with van der Waals surface area (Å²) in [7, 11) is 1.87. The van der Waals surface area contributed by atoms with Crippen molar-refractivity contribution < 1.29 is 31.4 Å². The van der Waals surface area contributed by atoms with Gasteiger partial charge in [-0.05, 0) is 42.0 Å². The minimum atomic E-state index is -5.88. The molecule has 0 spiro atoms. The van der Waals surface area contributed by atoms with Crippen molar-refractivity contribution in [3.8, 4) is 0 Å². The number of halogens is 6. The van der Waals surface area contributed by atoms with Gasteiger partial charge in [-0.2, -0.15) is 26.3 Å². The first-order chi connectivity index (χ1) is 15.9. The Morgan fingerprint density at radius 1 is 0.912 bits per heavy atom. The molecule has 184 valence electrons. The van der Waals surface area contributed by atoms with E-state index in [1.807, 2.05) is 13.1 Å². The lowest BCUT2D eigenvalue weighted by Gasteiger charge is -2.34. The molecule has 1 fully saturated rings. The summed E-state index contributed by atoms with van der Waals surface area (Å²) in [4.78, 5) is 2.12. The van der Waals surface area contributed by atoms with Crippen molar-refractivity contribution in [3.63, 3.8) is 0 Å². The number of rotatable bonds is 5. The van der Waals surface area contributed by atoms with Crippen LogP contribution >= 0.6 is 0 Å². The van der Waals surface area contributed by atoms with Crippen molar-refractivity contribution in [3.05, 3.63) is 65.9 Å². The Morgan fingerprint density at radius 2 is 1.53 bits per heavy atom. The summed E-state index contributed by atoms with van der Waals surface area (Å²) < 4.78 is 80.7. The van der Waals surface area contributed by atoms with Gasteiger partial charge in [-0.15, -0.1) is 0 Å². The molecule has 0 aliphatic carbocycles. The zero-order valence-electron chi connectivity index (χ0n) is 18.4. The highest BCUT2D eigenvalue weighted by Gasteiger charge is 2.71. The van der Waals surface area contributed by atoms with Gasteiger partial charge in [0, 0.05) is 50.2 Å². The summed E-state index contributed by atoms with van der Waals surface area (Å²) in [5.74, 6) is 0. The number of hydrogen-bond donors (Lipinski definition) is 2. The number of alkyl halides is 6. The molecular weight excluding hydrogens is 460 g/mol. The third-order valence-electron chi connectivity index (χ3n) is 6.56. The number of piperidine rings is 1. The Morgan fingerprint density at radius 3 is 2.09 bits per heavy atom. The van der Waals surface area contributed by atoms with Gasteiger partial charge in [0.15, 0.2) is 0 Å². The second kappa shape index (κ2) is 8.81. The van der Waals surface area contributed by atoms with Crippen molar-refractivity contribution in [2.24, 2.45) is 0 Å². The number of anilines is 1. The van der Waals surface area contributed by atoms with Gasteiger partial charge in [-0.1, -0.05) is 30.3 Å². The fourth-order valence-corrected chi connectivity index (χ4v) is 4.58. The monoisotopic (exact) mass is 485 g/mol. The third kappa shape index (κ3) is 4.36. The number of aliphatic hydroxyl groups is 1. The quantitative estimate of drug-likeness (QED) is 0.447. The van der Waals surface area contributed by atoms with Crippen LogP contribution in [0, 0.1) is 0 Å². The molecule has 1 aliphatic heterocycles. The second-order valence-corrected chi connectivity index (χ2v) is 8.66. The van der Waals surface area contributed by atoms with Gasteiger partial charge in [0.05, 0.1) is 5.52 Å². The molecule has 34 heavy (non-hydrogen) atoms. The van der Waals surface area contributed by atoms with Crippen molar-refractivity contribution in [1.29, 1.82) is 0 Å². The highest BCUT2D eigenvalue weighted by molar-refractivity contribution is 5.83. The van der Waals surface area contributed by atoms with Crippen molar-refractivity contribution in [2.45, 2.75) is 43.4 Å². The van der Waals surface area contributed by atoms with E-state index in [0.717, 1.165) is 42.5 Å². The predicted octanol–water partition coefficient (Wildman–Crippen LogP) is 5.83. The lowest BCUT2D eigenvalue weighted by atomic mass is 9.91. The second-order valence-electron chi connectivity index (χ2n) is 8.66. The normalized spacial score (nSPS) is 16.8. The van der Waals surface area contributed by atoms with Crippen molar-refractivity contribution in [1.82, 2.24) is 9.47 Å². The van der Waals surface area contributed by atoms with Crippen LogP contribution in [-0.4, -0.2) is 47.1 Å². The Kier molecular flexibility index (Phi) is 6.32. The van der Waals surface area contributed by atoms with Crippen LogP contribution < -0.4 is 5.32 Å². The molecule has 3 aromatic rings. The van der Waals surface area contributed by atoms with E-state index in [1.165, 1.54) is 12.1 Å². The topological polar surface area (TPSA) is 40.4 Å². The van der Waals surface area contributed by atoms with E-state index < -0.39 is 23.5 Å². The molecule has 1 aliphatic rings. The Balaban J connectivity index is 1.42.